The van der Waals surface area contributed by atoms with Crippen LogP contribution in [0.3, 0.4) is 0 Å². The highest BCUT2D eigenvalue weighted by atomic mass is 16.3. The van der Waals surface area contributed by atoms with E-state index in [4.69, 9.17) is 4.42 Å². The van der Waals surface area contributed by atoms with Crippen LogP contribution in [-0.4, -0.2) is 35.0 Å². The van der Waals surface area contributed by atoms with Crippen LogP contribution in [0.5, 0.6) is 0 Å². The first kappa shape index (κ1) is 20.4. The summed E-state index contributed by atoms with van der Waals surface area (Å²) in [6.45, 7) is 7.77. The summed E-state index contributed by atoms with van der Waals surface area (Å²) >= 11 is 0. The summed E-state index contributed by atoms with van der Waals surface area (Å²) in [5, 5.41) is 3.09. The second-order valence-electron chi connectivity index (χ2n) is 9.84. The number of rotatable bonds is 7. The molecule has 2 saturated carbocycles. The number of hydrogen-bond donors (Lipinski definition) is 1. The minimum Gasteiger partial charge on any atom is -0.464 e. The average Bonchev–Trinajstić information content (AvgIpc) is 3.71. The van der Waals surface area contributed by atoms with Gasteiger partial charge >= 0.3 is 6.03 Å². The Kier molecular flexibility index (Phi) is 5.63. The molecule has 31 heavy (non-hydrogen) atoms. The molecule has 6 heteroatoms. The summed E-state index contributed by atoms with van der Waals surface area (Å²) in [5.41, 5.74) is 1.03. The van der Waals surface area contributed by atoms with Gasteiger partial charge in [0.25, 0.3) is 0 Å². The molecule has 1 aliphatic heterocycles. The lowest BCUT2D eigenvalue weighted by molar-refractivity contribution is 0.186. The van der Waals surface area contributed by atoms with Gasteiger partial charge in [-0.25, -0.2) is 9.78 Å². The summed E-state index contributed by atoms with van der Waals surface area (Å²) in [5.74, 6) is 5.11. The number of aromatic nitrogens is 1. The maximum atomic E-state index is 12.9. The lowest BCUT2D eigenvalue weighted by atomic mass is 9.99. The van der Waals surface area contributed by atoms with Gasteiger partial charge in [-0.05, 0) is 67.7 Å². The predicted molar refractivity (Wildman–Crippen MR) is 121 cm³/mol. The average molecular weight is 423 g/mol. The third kappa shape index (κ3) is 4.89. The molecule has 1 saturated heterocycles. The largest absolute Gasteiger partial charge is 0.464 e. The summed E-state index contributed by atoms with van der Waals surface area (Å²) < 4.78 is 6.04. The molecule has 2 aromatic heterocycles. The highest BCUT2D eigenvalue weighted by Crippen LogP contribution is 2.47. The number of furan rings is 1. The molecule has 166 valence electrons. The minimum atomic E-state index is -0.0191. The Labute approximate surface area is 185 Å². The third-order valence-electron chi connectivity index (χ3n) is 7.09. The number of carbonyl (C=O) groups is 1. The summed E-state index contributed by atoms with van der Waals surface area (Å²) in [6, 6.07) is 8.59. The van der Waals surface area contributed by atoms with E-state index >= 15 is 0 Å². The molecule has 2 aliphatic carbocycles. The van der Waals surface area contributed by atoms with Gasteiger partial charge in [0.2, 0.25) is 0 Å². The Morgan fingerprint density at radius 3 is 2.58 bits per heavy atom. The van der Waals surface area contributed by atoms with Crippen molar-refractivity contribution < 1.29 is 9.21 Å². The molecule has 0 spiro atoms. The minimum absolute atomic E-state index is 0.0191. The summed E-state index contributed by atoms with van der Waals surface area (Å²) in [6.07, 6.45) is 7.71. The molecular formula is C25H34N4O2. The quantitative estimate of drug-likeness (QED) is 0.689. The highest BCUT2D eigenvalue weighted by molar-refractivity contribution is 5.74. The van der Waals surface area contributed by atoms with Gasteiger partial charge in [0.15, 0.2) is 0 Å². The van der Waals surface area contributed by atoms with E-state index in [1.165, 1.54) is 19.3 Å². The van der Waals surface area contributed by atoms with Crippen LogP contribution < -0.4 is 10.2 Å². The van der Waals surface area contributed by atoms with Gasteiger partial charge < -0.3 is 19.5 Å². The van der Waals surface area contributed by atoms with Crippen LogP contribution in [0.4, 0.5) is 10.6 Å². The van der Waals surface area contributed by atoms with Crippen molar-refractivity contribution in [2.24, 2.45) is 11.8 Å². The van der Waals surface area contributed by atoms with Crippen molar-refractivity contribution >= 4 is 11.8 Å². The van der Waals surface area contributed by atoms with E-state index in [1.807, 2.05) is 17.2 Å². The molecule has 2 aromatic rings. The number of nitrogens with one attached hydrogen (secondary N) is 1. The van der Waals surface area contributed by atoms with E-state index in [-0.39, 0.29) is 6.03 Å². The summed E-state index contributed by atoms with van der Waals surface area (Å²) in [7, 11) is 0. The molecule has 0 aromatic carbocycles. The molecular weight excluding hydrogens is 388 g/mol. The van der Waals surface area contributed by atoms with Crippen molar-refractivity contribution in [2.75, 3.05) is 18.0 Å². The first-order valence-electron chi connectivity index (χ1n) is 11.9. The molecule has 3 fully saturated rings. The van der Waals surface area contributed by atoms with Crippen molar-refractivity contribution in [1.29, 1.82) is 0 Å². The van der Waals surface area contributed by atoms with Crippen LogP contribution in [0.1, 0.15) is 69.0 Å². The van der Waals surface area contributed by atoms with E-state index in [9.17, 15) is 4.79 Å². The molecule has 5 rings (SSSR count). The number of piperidine rings is 1. The summed E-state index contributed by atoms with van der Waals surface area (Å²) in [4.78, 5) is 21.8. The normalized spacial score (nSPS) is 23.6. The van der Waals surface area contributed by atoms with Crippen LogP contribution in [0.15, 0.2) is 34.9 Å². The molecule has 0 bridgehead atoms. The maximum absolute atomic E-state index is 12.9. The van der Waals surface area contributed by atoms with E-state index in [1.54, 1.807) is 0 Å². The number of amides is 2. The Morgan fingerprint density at radius 2 is 1.94 bits per heavy atom. The van der Waals surface area contributed by atoms with Gasteiger partial charge in [0.05, 0.1) is 6.54 Å². The van der Waals surface area contributed by atoms with Gasteiger partial charge in [-0.3, -0.25) is 0 Å². The lowest BCUT2D eigenvalue weighted by Gasteiger charge is -2.31. The second kappa shape index (κ2) is 8.56. The number of anilines is 1. The van der Waals surface area contributed by atoms with Crippen molar-refractivity contribution in [3.05, 3.63) is 47.5 Å². The van der Waals surface area contributed by atoms with E-state index in [2.05, 4.69) is 47.2 Å². The SMILES string of the molecule is CC1CCN(c2ccc(CNC(=O)N(Cc3ccc(C4CC4C)o3)C3CC3)cn2)CC1. The molecule has 2 unspecified atom stereocenters. The van der Waals surface area contributed by atoms with Crippen LogP contribution in [0.2, 0.25) is 0 Å². The molecule has 0 radical (unpaired) electrons. The molecule has 6 nitrogen and oxygen atoms in total. The maximum Gasteiger partial charge on any atom is 0.318 e. The van der Waals surface area contributed by atoms with Gasteiger partial charge in [-0.1, -0.05) is 19.9 Å². The fourth-order valence-corrected chi connectivity index (χ4v) is 4.54. The van der Waals surface area contributed by atoms with Crippen LogP contribution in [-0.2, 0) is 13.1 Å². The van der Waals surface area contributed by atoms with Crippen molar-refractivity contribution in [3.8, 4) is 0 Å². The second-order valence-corrected chi connectivity index (χ2v) is 9.84. The first-order chi connectivity index (χ1) is 15.1. The van der Waals surface area contributed by atoms with Gasteiger partial charge in [-0.15, -0.1) is 0 Å². The zero-order valence-corrected chi connectivity index (χ0v) is 18.7. The molecule has 3 heterocycles. The van der Waals surface area contributed by atoms with Gasteiger partial charge in [0, 0.05) is 37.8 Å². The number of nitrogens with zero attached hydrogens (tertiary/aromatic N) is 3. The highest BCUT2D eigenvalue weighted by Gasteiger charge is 2.37. The van der Waals surface area contributed by atoms with E-state index < -0.39 is 0 Å². The Bertz CT molecular complexity index is 897. The van der Waals surface area contributed by atoms with E-state index in [0.29, 0.717) is 25.0 Å². The van der Waals surface area contributed by atoms with Crippen LogP contribution >= 0.6 is 0 Å². The zero-order chi connectivity index (χ0) is 21.4. The number of pyridine rings is 1. The topological polar surface area (TPSA) is 61.6 Å². The van der Waals surface area contributed by atoms with Crippen molar-refractivity contribution in [2.45, 2.75) is 71.0 Å². The molecule has 2 atom stereocenters. The van der Waals surface area contributed by atoms with Crippen molar-refractivity contribution in [1.82, 2.24) is 15.2 Å². The lowest BCUT2D eigenvalue weighted by Crippen LogP contribution is -2.40. The fraction of sp³-hybridized carbons (Fsp3) is 0.600. The number of hydrogen-bond acceptors (Lipinski definition) is 4. The zero-order valence-electron chi connectivity index (χ0n) is 18.7. The van der Waals surface area contributed by atoms with Gasteiger partial charge in [0.1, 0.15) is 17.3 Å². The monoisotopic (exact) mass is 422 g/mol. The van der Waals surface area contributed by atoms with Crippen LogP contribution in [0.25, 0.3) is 0 Å². The standard InChI is InChI=1S/C25H34N4O2/c1-17-9-11-28(12-10-17)24-8-3-19(14-26-24)15-27-25(30)29(20-4-5-20)16-21-6-7-23(31-21)22-13-18(22)2/h3,6-8,14,17-18,20,22H,4-5,9-13,15-16H2,1-2H3,(H,27,30). The van der Waals surface area contributed by atoms with Crippen LogP contribution in [0, 0.1) is 11.8 Å². The smallest absolute Gasteiger partial charge is 0.318 e. The fourth-order valence-electron chi connectivity index (χ4n) is 4.54. The van der Waals surface area contributed by atoms with Crippen molar-refractivity contribution in [3.63, 3.8) is 0 Å². The third-order valence-corrected chi connectivity index (χ3v) is 7.09. The first-order valence-corrected chi connectivity index (χ1v) is 11.9. The Morgan fingerprint density at radius 1 is 1.16 bits per heavy atom. The molecule has 2 amide bonds. The molecule has 3 aliphatic rings. The predicted octanol–water partition coefficient (Wildman–Crippen LogP) is 4.91. The Hall–Kier alpha value is -2.50. The number of carbonyl (C=O) groups excluding carboxylic acids is 1. The van der Waals surface area contributed by atoms with Gasteiger partial charge in [-0.2, -0.15) is 0 Å². The Balaban J connectivity index is 1.14. The van der Waals surface area contributed by atoms with E-state index in [0.717, 1.165) is 60.7 Å². The molecule has 1 N–H and O–H groups in total. The number of urea groups is 1.